The molecule has 0 aliphatic heterocycles. The molecule has 0 unspecified atom stereocenters. The first-order valence-corrected chi connectivity index (χ1v) is 6.54. The van der Waals surface area contributed by atoms with E-state index < -0.39 is 17.6 Å². The highest BCUT2D eigenvalue weighted by Crippen LogP contribution is 2.26. The Bertz CT molecular complexity index is 304. The molecule has 0 saturated heterocycles. The van der Waals surface area contributed by atoms with Gasteiger partial charge in [0.25, 0.3) is 0 Å². The summed E-state index contributed by atoms with van der Waals surface area (Å²) in [6, 6.07) is 0. The van der Waals surface area contributed by atoms with Crippen LogP contribution in [0.2, 0.25) is 0 Å². The summed E-state index contributed by atoms with van der Waals surface area (Å²) in [6.45, 7) is 5.93. The highest BCUT2D eigenvalue weighted by Gasteiger charge is 2.26. The fraction of sp³-hybridized carbons (Fsp3) is 0.846. The Labute approximate surface area is 109 Å². The Balaban J connectivity index is 2.58. The molecule has 1 aliphatic rings. The summed E-state index contributed by atoms with van der Waals surface area (Å²) in [5, 5.41) is 0. The first kappa shape index (κ1) is 14.8. The van der Waals surface area contributed by atoms with E-state index in [1.807, 2.05) is 20.8 Å². The van der Waals surface area contributed by atoms with E-state index >= 15 is 0 Å². The first-order valence-electron chi connectivity index (χ1n) is 6.54. The van der Waals surface area contributed by atoms with Crippen LogP contribution in [-0.2, 0) is 9.53 Å². The van der Waals surface area contributed by atoms with Gasteiger partial charge in [-0.1, -0.05) is 12.8 Å². The van der Waals surface area contributed by atoms with Crippen LogP contribution in [0.4, 0.5) is 4.79 Å². The Morgan fingerprint density at radius 1 is 1.28 bits per heavy atom. The SMILES string of the molecule is CC(C)(C)OC(=O)N(CC(N)=O)CC1CCCC1. The van der Waals surface area contributed by atoms with E-state index in [1.54, 1.807) is 0 Å². The lowest BCUT2D eigenvalue weighted by atomic mass is 10.1. The average molecular weight is 256 g/mol. The lowest BCUT2D eigenvalue weighted by molar-refractivity contribution is -0.119. The second-order valence-electron chi connectivity index (χ2n) is 5.98. The van der Waals surface area contributed by atoms with Crippen molar-refractivity contribution in [2.75, 3.05) is 13.1 Å². The van der Waals surface area contributed by atoms with Gasteiger partial charge >= 0.3 is 6.09 Å². The van der Waals surface area contributed by atoms with E-state index in [1.165, 1.54) is 17.7 Å². The Hall–Kier alpha value is -1.26. The third kappa shape index (κ3) is 5.38. The smallest absolute Gasteiger partial charge is 0.410 e. The third-order valence-corrected chi connectivity index (χ3v) is 2.95. The molecular formula is C13H24N2O3. The third-order valence-electron chi connectivity index (χ3n) is 2.95. The van der Waals surface area contributed by atoms with Gasteiger partial charge in [0.05, 0.1) is 0 Å². The predicted octanol–water partition coefficient (Wildman–Crippen LogP) is 1.90. The van der Waals surface area contributed by atoms with Crippen LogP contribution in [0.25, 0.3) is 0 Å². The zero-order chi connectivity index (χ0) is 13.8. The maximum atomic E-state index is 12.0. The van der Waals surface area contributed by atoms with Gasteiger partial charge in [-0.25, -0.2) is 4.79 Å². The molecule has 0 heterocycles. The summed E-state index contributed by atoms with van der Waals surface area (Å²) in [7, 11) is 0. The average Bonchev–Trinajstić information content (AvgIpc) is 2.65. The van der Waals surface area contributed by atoms with Crippen LogP contribution in [0.5, 0.6) is 0 Å². The predicted molar refractivity (Wildman–Crippen MR) is 69.0 cm³/mol. The van der Waals surface area contributed by atoms with Crippen LogP contribution in [0, 0.1) is 5.92 Å². The highest BCUT2D eigenvalue weighted by molar-refractivity contribution is 5.80. The van der Waals surface area contributed by atoms with Gasteiger partial charge in [-0.05, 0) is 39.5 Å². The van der Waals surface area contributed by atoms with Crippen molar-refractivity contribution in [2.24, 2.45) is 11.7 Å². The largest absolute Gasteiger partial charge is 0.444 e. The van der Waals surface area contributed by atoms with Crippen molar-refractivity contribution in [3.05, 3.63) is 0 Å². The molecule has 2 amide bonds. The van der Waals surface area contributed by atoms with Gasteiger partial charge < -0.3 is 10.5 Å². The second-order valence-corrected chi connectivity index (χ2v) is 5.98. The molecule has 0 spiro atoms. The molecule has 0 aromatic heterocycles. The quantitative estimate of drug-likeness (QED) is 0.835. The molecule has 0 aromatic carbocycles. The van der Waals surface area contributed by atoms with Crippen molar-refractivity contribution in [3.8, 4) is 0 Å². The number of amides is 2. The molecule has 0 atom stereocenters. The van der Waals surface area contributed by atoms with Crippen molar-refractivity contribution in [3.63, 3.8) is 0 Å². The van der Waals surface area contributed by atoms with Gasteiger partial charge in [-0.2, -0.15) is 0 Å². The van der Waals surface area contributed by atoms with Gasteiger partial charge in [0, 0.05) is 6.54 Å². The Kier molecular flexibility index (Phi) is 4.99. The lowest BCUT2D eigenvalue weighted by Gasteiger charge is -2.28. The summed E-state index contributed by atoms with van der Waals surface area (Å²) in [6.07, 6.45) is 4.16. The molecule has 0 bridgehead atoms. The molecule has 5 nitrogen and oxygen atoms in total. The van der Waals surface area contributed by atoms with Crippen molar-refractivity contribution in [1.82, 2.24) is 4.90 Å². The normalized spacial score (nSPS) is 16.6. The molecule has 104 valence electrons. The summed E-state index contributed by atoms with van der Waals surface area (Å²) in [4.78, 5) is 24.4. The molecule has 1 saturated carbocycles. The highest BCUT2D eigenvalue weighted by atomic mass is 16.6. The minimum absolute atomic E-state index is 0.0641. The zero-order valence-electron chi connectivity index (χ0n) is 11.6. The lowest BCUT2D eigenvalue weighted by Crippen LogP contribution is -2.43. The second kappa shape index (κ2) is 6.07. The minimum Gasteiger partial charge on any atom is -0.444 e. The maximum Gasteiger partial charge on any atom is 0.410 e. The Morgan fingerprint density at radius 3 is 2.28 bits per heavy atom. The molecule has 18 heavy (non-hydrogen) atoms. The number of nitrogens with two attached hydrogens (primary N) is 1. The zero-order valence-corrected chi connectivity index (χ0v) is 11.6. The van der Waals surface area contributed by atoms with Gasteiger partial charge in [-0.3, -0.25) is 9.69 Å². The number of carbonyl (C=O) groups excluding carboxylic acids is 2. The van der Waals surface area contributed by atoms with Crippen LogP contribution >= 0.6 is 0 Å². The van der Waals surface area contributed by atoms with E-state index in [0.717, 1.165) is 12.8 Å². The van der Waals surface area contributed by atoms with Crippen molar-refractivity contribution >= 4 is 12.0 Å². The van der Waals surface area contributed by atoms with Crippen molar-refractivity contribution in [1.29, 1.82) is 0 Å². The van der Waals surface area contributed by atoms with E-state index in [0.29, 0.717) is 12.5 Å². The van der Waals surface area contributed by atoms with Gasteiger partial charge in [0.1, 0.15) is 12.1 Å². The number of hydrogen-bond acceptors (Lipinski definition) is 3. The number of nitrogens with zero attached hydrogens (tertiary/aromatic N) is 1. The van der Waals surface area contributed by atoms with Gasteiger partial charge in [0.2, 0.25) is 5.91 Å². The van der Waals surface area contributed by atoms with Crippen LogP contribution in [-0.4, -0.2) is 35.6 Å². The van der Waals surface area contributed by atoms with Crippen molar-refractivity contribution < 1.29 is 14.3 Å². The molecule has 2 N–H and O–H groups in total. The summed E-state index contributed by atoms with van der Waals surface area (Å²) in [5.74, 6) is -0.0317. The number of ether oxygens (including phenoxy) is 1. The number of hydrogen-bond donors (Lipinski definition) is 1. The van der Waals surface area contributed by atoms with Crippen LogP contribution in [0.1, 0.15) is 46.5 Å². The van der Waals surface area contributed by atoms with Crippen molar-refractivity contribution in [2.45, 2.75) is 52.1 Å². The molecule has 1 fully saturated rings. The topological polar surface area (TPSA) is 72.6 Å². The molecule has 1 rings (SSSR count). The minimum atomic E-state index is -0.553. The van der Waals surface area contributed by atoms with Crippen LogP contribution < -0.4 is 5.73 Å². The standard InChI is InChI=1S/C13H24N2O3/c1-13(2,3)18-12(17)15(9-11(14)16)8-10-6-4-5-7-10/h10H,4-9H2,1-3H3,(H2,14,16). The Morgan fingerprint density at radius 2 is 1.83 bits per heavy atom. The fourth-order valence-electron chi connectivity index (χ4n) is 2.22. The summed E-state index contributed by atoms with van der Waals surface area (Å²) in [5.41, 5.74) is 4.63. The summed E-state index contributed by atoms with van der Waals surface area (Å²) < 4.78 is 5.29. The van der Waals surface area contributed by atoms with Crippen LogP contribution in [0.15, 0.2) is 0 Å². The number of primary amides is 1. The first-order chi connectivity index (χ1) is 8.28. The maximum absolute atomic E-state index is 12.0. The van der Waals surface area contributed by atoms with Gasteiger partial charge in [-0.15, -0.1) is 0 Å². The molecular weight excluding hydrogens is 232 g/mol. The number of carbonyl (C=O) groups is 2. The van der Waals surface area contributed by atoms with E-state index in [9.17, 15) is 9.59 Å². The molecule has 0 aromatic rings. The van der Waals surface area contributed by atoms with E-state index in [4.69, 9.17) is 10.5 Å². The fourth-order valence-corrected chi connectivity index (χ4v) is 2.22. The van der Waals surface area contributed by atoms with E-state index in [2.05, 4.69) is 0 Å². The summed E-state index contributed by atoms with van der Waals surface area (Å²) >= 11 is 0. The molecule has 0 radical (unpaired) electrons. The van der Waals surface area contributed by atoms with Gasteiger partial charge in [0.15, 0.2) is 0 Å². The van der Waals surface area contributed by atoms with Crippen LogP contribution in [0.3, 0.4) is 0 Å². The number of rotatable bonds is 4. The molecule has 5 heteroatoms. The molecule has 1 aliphatic carbocycles. The van der Waals surface area contributed by atoms with E-state index in [-0.39, 0.29) is 6.54 Å². The monoisotopic (exact) mass is 256 g/mol.